The van der Waals surface area contributed by atoms with Gasteiger partial charge in [-0.3, -0.25) is 4.79 Å². The van der Waals surface area contributed by atoms with Crippen molar-refractivity contribution in [3.05, 3.63) is 0 Å². The average molecular weight is 157 g/mol. The second kappa shape index (κ2) is 2.53. The Morgan fingerprint density at radius 2 is 2.09 bits per heavy atom. The minimum atomic E-state index is -0.917. The van der Waals surface area contributed by atoms with Gasteiger partial charge in [0.2, 0.25) is 5.91 Å². The molecule has 1 rings (SSSR count). The van der Waals surface area contributed by atoms with Gasteiger partial charge in [0, 0.05) is 6.42 Å². The molecule has 11 heavy (non-hydrogen) atoms. The van der Waals surface area contributed by atoms with Gasteiger partial charge >= 0.3 is 5.97 Å². The van der Waals surface area contributed by atoms with Gasteiger partial charge in [-0.05, 0) is 12.8 Å². The van der Waals surface area contributed by atoms with E-state index in [0.29, 0.717) is 19.3 Å². The van der Waals surface area contributed by atoms with E-state index in [4.69, 9.17) is 5.11 Å². The van der Waals surface area contributed by atoms with Crippen LogP contribution in [0.15, 0.2) is 0 Å². The van der Waals surface area contributed by atoms with Crippen LogP contribution in [0.3, 0.4) is 0 Å². The highest BCUT2D eigenvalue weighted by Crippen LogP contribution is 2.35. The first-order valence-electron chi connectivity index (χ1n) is 3.65. The zero-order valence-corrected chi connectivity index (χ0v) is 6.39. The van der Waals surface area contributed by atoms with E-state index in [9.17, 15) is 9.59 Å². The molecule has 4 nitrogen and oxygen atoms in total. The van der Waals surface area contributed by atoms with Gasteiger partial charge in [-0.25, -0.2) is 4.79 Å². The van der Waals surface area contributed by atoms with Crippen LogP contribution in [0.1, 0.15) is 26.2 Å². The van der Waals surface area contributed by atoms with Gasteiger partial charge < -0.3 is 10.4 Å². The molecular weight excluding hydrogens is 146 g/mol. The van der Waals surface area contributed by atoms with E-state index in [1.165, 1.54) is 0 Å². The molecule has 62 valence electrons. The first-order valence-corrected chi connectivity index (χ1v) is 3.65. The van der Waals surface area contributed by atoms with Crippen LogP contribution in [0.2, 0.25) is 0 Å². The molecule has 0 saturated heterocycles. The van der Waals surface area contributed by atoms with Crippen molar-refractivity contribution in [2.24, 2.45) is 0 Å². The molecule has 2 N–H and O–H groups in total. The number of carboxylic acid groups (broad SMARTS) is 1. The van der Waals surface area contributed by atoms with Crippen molar-refractivity contribution < 1.29 is 14.7 Å². The summed E-state index contributed by atoms with van der Waals surface area (Å²) < 4.78 is 0. The number of rotatable bonds is 3. The molecule has 0 bridgehead atoms. The zero-order valence-electron chi connectivity index (χ0n) is 6.39. The van der Waals surface area contributed by atoms with Crippen molar-refractivity contribution in [1.29, 1.82) is 0 Å². The summed E-state index contributed by atoms with van der Waals surface area (Å²) in [6.45, 7) is 1.70. The quantitative estimate of drug-likeness (QED) is 0.612. The van der Waals surface area contributed by atoms with Crippen LogP contribution in [0.4, 0.5) is 0 Å². The summed E-state index contributed by atoms with van der Waals surface area (Å²) in [5.74, 6) is -1.11. The fourth-order valence-corrected chi connectivity index (χ4v) is 0.873. The van der Waals surface area contributed by atoms with Crippen molar-refractivity contribution in [3.8, 4) is 0 Å². The third kappa shape index (κ3) is 1.50. The number of amides is 1. The van der Waals surface area contributed by atoms with Crippen LogP contribution in [0.5, 0.6) is 0 Å². The molecule has 0 aromatic rings. The molecule has 1 amide bonds. The number of hydrogen-bond acceptors (Lipinski definition) is 2. The Hall–Kier alpha value is -1.06. The lowest BCUT2D eigenvalue weighted by Crippen LogP contribution is -2.42. The maximum atomic E-state index is 10.8. The molecule has 1 aliphatic carbocycles. The van der Waals surface area contributed by atoms with E-state index in [1.54, 1.807) is 6.92 Å². The number of nitrogens with one attached hydrogen (secondary N) is 1. The average Bonchev–Trinajstić information content (AvgIpc) is 2.69. The summed E-state index contributed by atoms with van der Waals surface area (Å²) in [5, 5.41) is 11.1. The van der Waals surface area contributed by atoms with E-state index in [0.717, 1.165) is 0 Å². The largest absolute Gasteiger partial charge is 0.480 e. The monoisotopic (exact) mass is 157 g/mol. The molecule has 0 aliphatic heterocycles. The number of carbonyl (C=O) groups is 2. The van der Waals surface area contributed by atoms with E-state index < -0.39 is 11.5 Å². The van der Waals surface area contributed by atoms with Crippen molar-refractivity contribution in [2.75, 3.05) is 0 Å². The molecule has 0 radical (unpaired) electrons. The van der Waals surface area contributed by atoms with Crippen LogP contribution < -0.4 is 5.32 Å². The maximum Gasteiger partial charge on any atom is 0.329 e. The van der Waals surface area contributed by atoms with E-state index in [2.05, 4.69) is 5.32 Å². The summed E-state index contributed by atoms with van der Waals surface area (Å²) in [7, 11) is 0. The Bertz CT molecular complexity index is 196. The summed E-state index contributed by atoms with van der Waals surface area (Å²) >= 11 is 0. The lowest BCUT2D eigenvalue weighted by Gasteiger charge is -2.10. The molecule has 0 unspecified atom stereocenters. The molecule has 1 saturated carbocycles. The smallest absolute Gasteiger partial charge is 0.329 e. The van der Waals surface area contributed by atoms with E-state index in [1.807, 2.05) is 0 Å². The van der Waals surface area contributed by atoms with Gasteiger partial charge in [0.1, 0.15) is 5.54 Å². The van der Waals surface area contributed by atoms with Crippen LogP contribution in [-0.2, 0) is 9.59 Å². The van der Waals surface area contributed by atoms with Crippen molar-refractivity contribution in [1.82, 2.24) is 5.32 Å². The summed E-state index contributed by atoms with van der Waals surface area (Å²) in [4.78, 5) is 21.3. The normalized spacial score (nSPS) is 19.0. The minimum absolute atomic E-state index is 0.190. The molecular formula is C7H11NO3. The zero-order chi connectivity index (χ0) is 8.48. The lowest BCUT2D eigenvalue weighted by atomic mass is 10.2. The van der Waals surface area contributed by atoms with Crippen molar-refractivity contribution in [3.63, 3.8) is 0 Å². The van der Waals surface area contributed by atoms with Gasteiger partial charge in [-0.15, -0.1) is 0 Å². The molecule has 0 aromatic heterocycles. The summed E-state index contributed by atoms with van der Waals surface area (Å²) in [5.41, 5.74) is -0.910. The highest BCUT2D eigenvalue weighted by atomic mass is 16.4. The Kier molecular flexibility index (Phi) is 1.85. The summed E-state index contributed by atoms with van der Waals surface area (Å²) in [6.07, 6.45) is 1.47. The third-order valence-electron chi connectivity index (χ3n) is 1.86. The van der Waals surface area contributed by atoms with E-state index in [-0.39, 0.29) is 5.91 Å². The van der Waals surface area contributed by atoms with Crippen molar-refractivity contribution in [2.45, 2.75) is 31.7 Å². The third-order valence-corrected chi connectivity index (χ3v) is 1.86. The summed E-state index contributed by atoms with van der Waals surface area (Å²) in [6, 6.07) is 0. The van der Waals surface area contributed by atoms with Crippen molar-refractivity contribution >= 4 is 11.9 Å². The van der Waals surface area contributed by atoms with Gasteiger partial charge in [-0.2, -0.15) is 0 Å². The van der Waals surface area contributed by atoms with Gasteiger partial charge in [0.15, 0.2) is 0 Å². The number of aliphatic carboxylic acids is 1. The molecule has 1 fully saturated rings. The van der Waals surface area contributed by atoms with Gasteiger partial charge in [0.25, 0.3) is 0 Å². The molecule has 1 aliphatic rings. The minimum Gasteiger partial charge on any atom is -0.480 e. The predicted molar refractivity (Wildman–Crippen MR) is 38.0 cm³/mol. The van der Waals surface area contributed by atoms with Gasteiger partial charge in [-0.1, -0.05) is 6.92 Å². The Morgan fingerprint density at radius 1 is 1.55 bits per heavy atom. The molecule has 0 spiro atoms. The highest BCUT2D eigenvalue weighted by molar-refractivity contribution is 5.89. The molecule has 0 aromatic carbocycles. The van der Waals surface area contributed by atoms with Gasteiger partial charge in [0.05, 0.1) is 0 Å². The Labute approximate surface area is 64.6 Å². The second-order valence-corrected chi connectivity index (χ2v) is 2.79. The first-order chi connectivity index (χ1) is 5.10. The Balaban J connectivity index is 2.48. The molecule has 4 heteroatoms. The highest BCUT2D eigenvalue weighted by Gasteiger charge is 2.51. The van der Waals surface area contributed by atoms with Crippen LogP contribution in [0, 0.1) is 0 Å². The van der Waals surface area contributed by atoms with E-state index >= 15 is 0 Å². The maximum absolute atomic E-state index is 10.8. The first kappa shape index (κ1) is 8.04. The fourth-order valence-electron chi connectivity index (χ4n) is 0.873. The number of hydrogen-bond donors (Lipinski definition) is 2. The number of carboxylic acids is 1. The van der Waals surface area contributed by atoms with Crippen LogP contribution in [-0.4, -0.2) is 22.5 Å². The fraction of sp³-hybridized carbons (Fsp3) is 0.714. The van der Waals surface area contributed by atoms with Crippen LogP contribution in [0.25, 0.3) is 0 Å². The topological polar surface area (TPSA) is 66.4 Å². The Morgan fingerprint density at radius 3 is 2.36 bits per heavy atom. The lowest BCUT2D eigenvalue weighted by molar-refractivity contribution is -0.143. The standard InChI is InChI=1S/C7H11NO3/c1-2-5(9)8-7(3-4-7)6(10)11/h2-4H2,1H3,(H,8,9)(H,10,11). The van der Waals surface area contributed by atoms with Crippen LogP contribution >= 0.6 is 0 Å². The second-order valence-electron chi connectivity index (χ2n) is 2.79. The molecule has 0 heterocycles. The SMILES string of the molecule is CCC(=O)NC1(C(=O)O)CC1. The number of carbonyl (C=O) groups excluding carboxylic acids is 1. The molecule has 0 atom stereocenters. The predicted octanol–water partition coefficient (Wildman–Crippen LogP) is 0.130.